The van der Waals surface area contributed by atoms with Crippen molar-refractivity contribution in [3.63, 3.8) is 0 Å². The molecule has 0 N–H and O–H groups in total. The summed E-state index contributed by atoms with van der Waals surface area (Å²) in [6.45, 7) is 1.80. The number of benzene rings is 1. The van der Waals surface area contributed by atoms with Crippen LogP contribution >= 0.6 is 0 Å². The molecule has 2 aliphatic rings. The molecule has 1 aromatic carbocycles. The lowest BCUT2D eigenvalue weighted by Crippen LogP contribution is -2.50. The predicted octanol–water partition coefficient (Wildman–Crippen LogP) is 4.15. The van der Waals surface area contributed by atoms with Gasteiger partial charge in [0.1, 0.15) is 0 Å². The molecule has 10 heteroatoms. The SMILES string of the molecule is Cc1nc2cccnn2c1C(=O)N1C2CCCC1c1nn(C)c(-c3cc(F)c(F)c(F)c3)c1C2. The normalized spacial score (nSPS) is 19.5. The van der Waals surface area contributed by atoms with E-state index in [1.165, 1.54) is 0 Å². The first-order valence-electron chi connectivity index (χ1n) is 11.2. The third kappa shape index (κ3) is 2.90. The number of piperidine rings is 1. The smallest absolute Gasteiger partial charge is 0.275 e. The van der Waals surface area contributed by atoms with Crippen LogP contribution in [-0.2, 0) is 13.5 Å². The number of imidazole rings is 1. The Morgan fingerprint density at radius 1 is 1.15 bits per heavy atom. The van der Waals surface area contributed by atoms with Gasteiger partial charge >= 0.3 is 0 Å². The predicted molar refractivity (Wildman–Crippen MR) is 116 cm³/mol. The van der Waals surface area contributed by atoms with Crippen LogP contribution in [0.2, 0.25) is 0 Å². The minimum atomic E-state index is -1.49. The minimum absolute atomic E-state index is 0.106. The van der Waals surface area contributed by atoms with Crippen LogP contribution < -0.4 is 0 Å². The maximum absolute atomic E-state index is 14.0. The average Bonchev–Trinajstić information content (AvgIpc) is 3.31. The first-order chi connectivity index (χ1) is 16.3. The summed E-state index contributed by atoms with van der Waals surface area (Å²) >= 11 is 0. The molecule has 0 spiro atoms. The first-order valence-corrected chi connectivity index (χ1v) is 11.2. The molecule has 2 atom stereocenters. The van der Waals surface area contributed by atoms with Gasteiger partial charge in [-0.15, -0.1) is 0 Å². The van der Waals surface area contributed by atoms with Gasteiger partial charge in [0.15, 0.2) is 28.8 Å². The number of amides is 1. The van der Waals surface area contributed by atoms with Gasteiger partial charge in [-0.05, 0) is 56.9 Å². The van der Waals surface area contributed by atoms with Crippen molar-refractivity contribution in [2.75, 3.05) is 0 Å². The molecule has 3 aromatic heterocycles. The van der Waals surface area contributed by atoms with Crippen molar-refractivity contribution in [3.05, 3.63) is 70.6 Å². The Labute approximate surface area is 192 Å². The summed E-state index contributed by atoms with van der Waals surface area (Å²) in [6, 6.07) is 5.18. The second-order valence-electron chi connectivity index (χ2n) is 8.95. The molecule has 0 radical (unpaired) electrons. The molecular formula is C24H21F3N6O. The lowest BCUT2D eigenvalue weighted by Gasteiger charge is -2.45. The molecule has 34 heavy (non-hydrogen) atoms. The number of hydrogen-bond donors (Lipinski definition) is 0. The summed E-state index contributed by atoms with van der Waals surface area (Å²) in [5, 5.41) is 9.00. The minimum Gasteiger partial charge on any atom is -0.325 e. The molecule has 174 valence electrons. The van der Waals surface area contributed by atoms with Crippen LogP contribution in [0.15, 0.2) is 30.5 Å². The van der Waals surface area contributed by atoms with E-state index in [1.807, 2.05) is 4.90 Å². The number of aryl methyl sites for hydroxylation is 2. The third-order valence-corrected chi connectivity index (χ3v) is 6.94. The van der Waals surface area contributed by atoms with Crippen LogP contribution in [0.25, 0.3) is 16.9 Å². The molecule has 2 unspecified atom stereocenters. The standard InChI is InChI=1S/C24H21F3N6O/c1-12-22(33-19(29-12)7-4-8-28-33)24(34)32-14-5-3-6-18(32)21-15(11-14)23(31(2)30-21)13-9-16(25)20(27)17(26)10-13/h4,7-10,14,18H,3,5-6,11H2,1-2H3. The summed E-state index contributed by atoms with van der Waals surface area (Å²) in [7, 11) is 1.70. The first kappa shape index (κ1) is 20.9. The number of rotatable bonds is 2. The van der Waals surface area contributed by atoms with Crippen molar-refractivity contribution in [1.82, 2.24) is 29.3 Å². The second kappa shape index (κ2) is 7.41. The van der Waals surface area contributed by atoms with Crippen molar-refractivity contribution >= 4 is 11.6 Å². The number of carbonyl (C=O) groups is 1. The Kier molecular flexibility index (Phi) is 4.55. The van der Waals surface area contributed by atoms with Crippen molar-refractivity contribution in [2.24, 2.45) is 7.05 Å². The quantitative estimate of drug-likeness (QED) is 0.417. The largest absolute Gasteiger partial charge is 0.325 e. The second-order valence-corrected chi connectivity index (χ2v) is 8.95. The highest BCUT2D eigenvalue weighted by molar-refractivity contribution is 5.95. The molecule has 1 amide bonds. The molecule has 1 fully saturated rings. The van der Waals surface area contributed by atoms with Crippen LogP contribution in [0, 0.1) is 24.4 Å². The summed E-state index contributed by atoms with van der Waals surface area (Å²) in [6.07, 6.45) is 4.57. The van der Waals surface area contributed by atoms with Gasteiger partial charge in [-0.25, -0.2) is 22.7 Å². The molecule has 0 saturated carbocycles. The molecular weight excluding hydrogens is 445 g/mol. The Morgan fingerprint density at radius 2 is 1.91 bits per heavy atom. The van der Waals surface area contributed by atoms with Gasteiger partial charge in [0.25, 0.3) is 5.91 Å². The Balaban J connectivity index is 1.46. The van der Waals surface area contributed by atoms with E-state index in [-0.39, 0.29) is 23.6 Å². The van der Waals surface area contributed by atoms with Gasteiger partial charge in [-0.2, -0.15) is 10.2 Å². The fourth-order valence-corrected chi connectivity index (χ4v) is 5.57. The van der Waals surface area contributed by atoms with E-state index in [4.69, 9.17) is 0 Å². The van der Waals surface area contributed by atoms with Gasteiger partial charge in [-0.1, -0.05) is 0 Å². The molecule has 5 heterocycles. The monoisotopic (exact) mass is 466 g/mol. The van der Waals surface area contributed by atoms with Gasteiger partial charge < -0.3 is 4.90 Å². The molecule has 4 aromatic rings. The lowest BCUT2D eigenvalue weighted by atomic mass is 9.81. The van der Waals surface area contributed by atoms with Crippen molar-refractivity contribution in [3.8, 4) is 11.3 Å². The maximum Gasteiger partial charge on any atom is 0.275 e. The van der Waals surface area contributed by atoms with E-state index in [0.29, 0.717) is 34.8 Å². The van der Waals surface area contributed by atoms with E-state index in [0.717, 1.165) is 37.0 Å². The van der Waals surface area contributed by atoms with Crippen molar-refractivity contribution < 1.29 is 18.0 Å². The Hall–Kier alpha value is -3.69. The van der Waals surface area contributed by atoms with Crippen molar-refractivity contribution in [2.45, 2.75) is 44.7 Å². The van der Waals surface area contributed by atoms with Crippen LogP contribution in [0.4, 0.5) is 13.2 Å². The zero-order valence-corrected chi connectivity index (χ0v) is 18.6. The Morgan fingerprint density at radius 3 is 2.68 bits per heavy atom. The van der Waals surface area contributed by atoms with E-state index >= 15 is 0 Å². The molecule has 2 aliphatic heterocycles. The third-order valence-electron chi connectivity index (χ3n) is 6.94. The maximum atomic E-state index is 14.0. The number of fused-ring (bicyclic) bond motifs is 5. The summed E-state index contributed by atoms with van der Waals surface area (Å²) in [5.74, 6) is -4.14. The number of nitrogens with zero attached hydrogens (tertiary/aromatic N) is 6. The lowest BCUT2D eigenvalue weighted by molar-refractivity contribution is 0.0382. The highest BCUT2D eigenvalue weighted by Gasteiger charge is 2.44. The fraction of sp³-hybridized carbons (Fsp3) is 0.333. The molecule has 7 nitrogen and oxygen atoms in total. The number of hydrogen-bond acceptors (Lipinski definition) is 4. The van der Waals surface area contributed by atoms with Gasteiger partial charge in [0, 0.05) is 30.4 Å². The van der Waals surface area contributed by atoms with Gasteiger partial charge in [0.2, 0.25) is 0 Å². The molecule has 2 bridgehead atoms. The number of halogens is 3. The van der Waals surface area contributed by atoms with E-state index in [1.54, 1.807) is 41.5 Å². The fourth-order valence-electron chi connectivity index (χ4n) is 5.57. The highest BCUT2D eigenvalue weighted by atomic mass is 19.2. The zero-order chi connectivity index (χ0) is 23.7. The Bertz CT molecular complexity index is 1450. The van der Waals surface area contributed by atoms with Crippen LogP contribution in [0.3, 0.4) is 0 Å². The van der Waals surface area contributed by atoms with E-state index in [2.05, 4.69) is 15.2 Å². The van der Waals surface area contributed by atoms with E-state index in [9.17, 15) is 18.0 Å². The molecule has 0 aliphatic carbocycles. The number of carbonyl (C=O) groups excluding carboxylic acids is 1. The zero-order valence-electron chi connectivity index (χ0n) is 18.6. The van der Waals surface area contributed by atoms with Crippen LogP contribution in [0.5, 0.6) is 0 Å². The average molecular weight is 466 g/mol. The summed E-state index contributed by atoms with van der Waals surface area (Å²) in [4.78, 5) is 20.2. The van der Waals surface area contributed by atoms with Crippen LogP contribution in [-0.4, -0.2) is 41.2 Å². The summed E-state index contributed by atoms with van der Waals surface area (Å²) < 4.78 is 44.7. The number of aromatic nitrogens is 5. The van der Waals surface area contributed by atoms with Crippen LogP contribution in [0.1, 0.15) is 52.7 Å². The molecule has 1 saturated heterocycles. The van der Waals surface area contributed by atoms with Gasteiger partial charge in [0.05, 0.1) is 23.1 Å². The van der Waals surface area contributed by atoms with E-state index < -0.39 is 17.5 Å². The molecule has 6 rings (SSSR count). The van der Waals surface area contributed by atoms with Gasteiger partial charge in [-0.3, -0.25) is 9.48 Å². The highest BCUT2D eigenvalue weighted by Crippen LogP contribution is 2.45. The topological polar surface area (TPSA) is 68.3 Å². The summed E-state index contributed by atoms with van der Waals surface area (Å²) in [5.41, 5.74) is 3.97. The van der Waals surface area contributed by atoms with Crippen molar-refractivity contribution in [1.29, 1.82) is 0 Å².